The molecule has 0 aliphatic carbocycles. The second-order valence-electron chi connectivity index (χ2n) is 3.52. The van der Waals surface area contributed by atoms with Crippen molar-refractivity contribution in [3.05, 3.63) is 0 Å². The van der Waals surface area contributed by atoms with E-state index in [1.807, 2.05) is 6.92 Å². The van der Waals surface area contributed by atoms with Gasteiger partial charge in [-0.15, -0.1) is 0 Å². The molecule has 16 heavy (non-hydrogen) atoms. The Kier molecular flexibility index (Phi) is 3.44. The zero-order valence-corrected chi connectivity index (χ0v) is 10.4. The molecule has 0 bridgehead atoms. The molecule has 0 spiro atoms. The van der Waals surface area contributed by atoms with Crippen LogP contribution >= 0.6 is 23.5 Å². The molecule has 2 atom stereocenters. The summed E-state index contributed by atoms with van der Waals surface area (Å²) >= 11 is 2.61. The van der Waals surface area contributed by atoms with E-state index in [4.69, 9.17) is 0 Å². The third-order valence-electron chi connectivity index (χ3n) is 2.52. The number of imide groups is 1. The van der Waals surface area contributed by atoms with Gasteiger partial charge in [-0.25, -0.2) is 0 Å². The van der Waals surface area contributed by atoms with Crippen molar-refractivity contribution in [2.45, 2.75) is 19.0 Å². The third kappa shape index (κ3) is 1.93. The number of thioether (sulfide) groups is 2. The summed E-state index contributed by atoms with van der Waals surface area (Å²) in [4.78, 5) is 36.2. The van der Waals surface area contributed by atoms with Crippen LogP contribution in [0.3, 0.4) is 0 Å². The number of carbonyl (C=O) groups is 3. The standard InChI is InChI=1S/C9H12N2O3S2/c1-2-15-3-5-8(13)11-6(7(12)10-5)4-16-9(11)14/h5-6H,2-4H2,1H3,(H,10,12). The van der Waals surface area contributed by atoms with E-state index in [9.17, 15) is 14.4 Å². The number of hydrogen-bond donors (Lipinski definition) is 1. The van der Waals surface area contributed by atoms with Crippen LogP contribution in [-0.2, 0) is 9.59 Å². The van der Waals surface area contributed by atoms with Gasteiger partial charge in [-0.2, -0.15) is 11.8 Å². The predicted octanol–water partition coefficient (Wildman–Crippen LogP) is 0.302. The fourth-order valence-corrected chi connectivity index (χ4v) is 3.36. The molecule has 2 fully saturated rings. The lowest BCUT2D eigenvalue weighted by molar-refractivity contribution is -0.143. The van der Waals surface area contributed by atoms with E-state index in [0.717, 1.165) is 22.4 Å². The Morgan fingerprint density at radius 2 is 2.25 bits per heavy atom. The Hall–Kier alpha value is -0.690. The average Bonchev–Trinajstić information content (AvgIpc) is 2.64. The molecule has 88 valence electrons. The molecule has 1 N–H and O–H groups in total. The van der Waals surface area contributed by atoms with E-state index in [1.54, 1.807) is 11.8 Å². The first kappa shape index (κ1) is 11.8. The van der Waals surface area contributed by atoms with Gasteiger partial charge in [0.1, 0.15) is 12.1 Å². The van der Waals surface area contributed by atoms with Crippen molar-refractivity contribution in [2.24, 2.45) is 0 Å². The Morgan fingerprint density at radius 1 is 1.50 bits per heavy atom. The summed E-state index contributed by atoms with van der Waals surface area (Å²) in [7, 11) is 0. The van der Waals surface area contributed by atoms with Crippen molar-refractivity contribution in [3.63, 3.8) is 0 Å². The second-order valence-corrected chi connectivity index (χ2v) is 5.81. The minimum absolute atomic E-state index is 0.209. The molecular weight excluding hydrogens is 248 g/mol. The van der Waals surface area contributed by atoms with Gasteiger partial charge in [0, 0.05) is 11.5 Å². The molecule has 0 saturated carbocycles. The number of amides is 3. The maximum atomic E-state index is 11.9. The van der Waals surface area contributed by atoms with Gasteiger partial charge in [-0.05, 0) is 5.75 Å². The molecule has 2 heterocycles. The summed E-state index contributed by atoms with van der Waals surface area (Å²) < 4.78 is 0. The van der Waals surface area contributed by atoms with Crippen molar-refractivity contribution < 1.29 is 14.4 Å². The van der Waals surface area contributed by atoms with Crippen LogP contribution in [0.2, 0.25) is 0 Å². The highest BCUT2D eigenvalue weighted by molar-refractivity contribution is 8.14. The van der Waals surface area contributed by atoms with Gasteiger partial charge in [0.2, 0.25) is 5.91 Å². The first-order valence-corrected chi connectivity index (χ1v) is 7.17. The van der Waals surface area contributed by atoms with Gasteiger partial charge in [-0.1, -0.05) is 18.7 Å². The normalized spacial score (nSPS) is 29.3. The van der Waals surface area contributed by atoms with Gasteiger partial charge in [0.25, 0.3) is 11.1 Å². The molecule has 5 nitrogen and oxygen atoms in total. The molecule has 2 aliphatic heterocycles. The molecule has 2 aliphatic rings. The smallest absolute Gasteiger partial charge is 0.289 e. The molecule has 7 heteroatoms. The highest BCUT2D eigenvalue weighted by atomic mass is 32.2. The molecule has 0 aromatic carbocycles. The highest BCUT2D eigenvalue weighted by Gasteiger charge is 2.47. The molecule has 0 aromatic heterocycles. The van der Waals surface area contributed by atoms with E-state index < -0.39 is 12.1 Å². The van der Waals surface area contributed by atoms with Gasteiger partial charge >= 0.3 is 0 Å². The minimum Gasteiger partial charge on any atom is -0.342 e. The number of fused-ring (bicyclic) bond motifs is 1. The minimum atomic E-state index is -0.590. The summed E-state index contributed by atoms with van der Waals surface area (Å²) in [5.74, 6) is 1.32. The monoisotopic (exact) mass is 260 g/mol. The molecule has 3 amide bonds. The lowest BCUT2D eigenvalue weighted by atomic mass is 10.1. The van der Waals surface area contributed by atoms with Crippen molar-refractivity contribution in [2.75, 3.05) is 17.3 Å². The first-order chi connectivity index (χ1) is 7.65. The van der Waals surface area contributed by atoms with Gasteiger partial charge in [0.05, 0.1) is 0 Å². The van der Waals surface area contributed by atoms with Crippen LogP contribution in [0.25, 0.3) is 0 Å². The Balaban J connectivity index is 2.12. The first-order valence-electron chi connectivity index (χ1n) is 5.03. The Labute approximate surface area is 102 Å². The summed E-state index contributed by atoms with van der Waals surface area (Å²) in [5.41, 5.74) is 0. The van der Waals surface area contributed by atoms with Gasteiger partial charge in [0.15, 0.2) is 0 Å². The SMILES string of the molecule is CCSCC1NC(=O)C2CSC(=O)N2C1=O. The number of piperazine rings is 1. The second kappa shape index (κ2) is 4.67. The summed E-state index contributed by atoms with van der Waals surface area (Å²) in [5, 5.41) is 2.38. The molecule has 0 aromatic rings. The maximum Gasteiger partial charge on any atom is 0.289 e. The summed E-state index contributed by atoms with van der Waals surface area (Å²) in [6, 6.07) is -1.13. The molecule has 2 saturated heterocycles. The van der Waals surface area contributed by atoms with Gasteiger partial charge < -0.3 is 5.32 Å². The lowest BCUT2D eigenvalue weighted by Gasteiger charge is -2.32. The van der Waals surface area contributed by atoms with Crippen LogP contribution in [-0.4, -0.2) is 51.3 Å². The summed E-state index contributed by atoms with van der Waals surface area (Å²) in [6.45, 7) is 1.99. The van der Waals surface area contributed by atoms with Crippen LogP contribution in [0, 0.1) is 0 Å². The molecule has 2 rings (SSSR count). The van der Waals surface area contributed by atoms with Crippen LogP contribution in [0.15, 0.2) is 0 Å². The van der Waals surface area contributed by atoms with E-state index in [-0.39, 0.29) is 17.1 Å². The Morgan fingerprint density at radius 3 is 2.94 bits per heavy atom. The van der Waals surface area contributed by atoms with E-state index >= 15 is 0 Å². The largest absolute Gasteiger partial charge is 0.342 e. The number of carbonyl (C=O) groups excluding carboxylic acids is 3. The lowest BCUT2D eigenvalue weighted by Crippen LogP contribution is -2.63. The van der Waals surface area contributed by atoms with Crippen molar-refractivity contribution >= 4 is 40.6 Å². The average molecular weight is 260 g/mol. The van der Waals surface area contributed by atoms with Crippen molar-refractivity contribution in [1.29, 1.82) is 0 Å². The number of rotatable bonds is 3. The van der Waals surface area contributed by atoms with Crippen LogP contribution in [0.1, 0.15) is 6.92 Å². The predicted molar refractivity (Wildman–Crippen MR) is 63.4 cm³/mol. The van der Waals surface area contributed by atoms with Crippen LogP contribution < -0.4 is 5.32 Å². The topological polar surface area (TPSA) is 66.5 Å². The van der Waals surface area contributed by atoms with E-state index in [1.165, 1.54) is 0 Å². The zero-order chi connectivity index (χ0) is 11.7. The molecule has 2 unspecified atom stereocenters. The van der Waals surface area contributed by atoms with Crippen molar-refractivity contribution in [1.82, 2.24) is 10.2 Å². The van der Waals surface area contributed by atoms with Crippen LogP contribution in [0.4, 0.5) is 4.79 Å². The number of nitrogens with zero attached hydrogens (tertiary/aromatic N) is 1. The molecular formula is C9H12N2O3S2. The fourth-order valence-electron chi connectivity index (χ4n) is 1.70. The zero-order valence-electron chi connectivity index (χ0n) is 8.76. The van der Waals surface area contributed by atoms with E-state index in [0.29, 0.717) is 11.5 Å². The fraction of sp³-hybridized carbons (Fsp3) is 0.667. The Bertz CT molecular complexity index is 348. The highest BCUT2D eigenvalue weighted by Crippen LogP contribution is 2.27. The number of nitrogens with one attached hydrogen (secondary N) is 1. The number of hydrogen-bond acceptors (Lipinski definition) is 5. The van der Waals surface area contributed by atoms with Crippen molar-refractivity contribution in [3.8, 4) is 0 Å². The maximum absolute atomic E-state index is 11.9. The van der Waals surface area contributed by atoms with E-state index in [2.05, 4.69) is 5.32 Å². The quantitative estimate of drug-likeness (QED) is 0.790. The summed E-state index contributed by atoms with van der Waals surface area (Å²) in [6.07, 6.45) is 0. The molecule has 0 radical (unpaired) electrons. The van der Waals surface area contributed by atoms with Crippen LogP contribution in [0.5, 0.6) is 0 Å². The van der Waals surface area contributed by atoms with Gasteiger partial charge in [-0.3, -0.25) is 19.3 Å². The third-order valence-corrected chi connectivity index (χ3v) is 4.42.